The first-order valence-electron chi connectivity index (χ1n) is 5.10. The molecule has 1 aromatic heterocycles. The maximum absolute atomic E-state index is 12.2. The molecule has 1 N–H and O–H groups in total. The molecule has 1 unspecified atom stereocenters. The molecule has 5 nitrogen and oxygen atoms in total. The number of carboxylic acid groups (broad SMARTS) is 1. The Morgan fingerprint density at radius 1 is 1.56 bits per heavy atom. The number of carbonyl (C=O) groups is 1. The van der Waals surface area contributed by atoms with Crippen LogP contribution in [0.15, 0.2) is 16.3 Å². The van der Waals surface area contributed by atoms with Crippen molar-refractivity contribution < 1.29 is 18.3 Å². The fraction of sp³-hybridized carbons (Fsp3) is 0.500. The first-order valence-corrected chi connectivity index (χ1v) is 8.76. The number of thiophene rings is 1. The van der Waals surface area contributed by atoms with Crippen molar-refractivity contribution >= 4 is 39.1 Å². The minimum Gasteiger partial charge on any atom is -0.477 e. The molecule has 8 heteroatoms. The van der Waals surface area contributed by atoms with Crippen LogP contribution in [0, 0.1) is 0 Å². The summed E-state index contributed by atoms with van der Waals surface area (Å²) < 4.78 is 25.8. The van der Waals surface area contributed by atoms with Gasteiger partial charge in [0.2, 0.25) is 0 Å². The average Bonchev–Trinajstić information content (AvgIpc) is 2.78. The van der Waals surface area contributed by atoms with Crippen molar-refractivity contribution in [3.63, 3.8) is 0 Å². The van der Waals surface area contributed by atoms with Gasteiger partial charge in [-0.05, 0) is 25.3 Å². The molecular formula is C10H15NO4S3. The molecule has 0 aromatic carbocycles. The van der Waals surface area contributed by atoms with E-state index in [0.29, 0.717) is 5.75 Å². The second kappa shape index (κ2) is 6.05. The zero-order chi connectivity index (χ0) is 13.9. The topological polar surface area (TPSA) is 74.7 Å². The number of sulfonamides is 1. The van der Waals surface area contributed by atoms with Crippen LogP contribution in [-0.2, 0) is 10.0 Å². The fourth-order valence-corrected chi connectivity index (χ4v) is 4.79. The van der Waals surface area contributed by atoms with Crippen LogP contribution in [0.5, 0.6) is 0 Å². The fourth-order valence-electron chi connectivity index (χ4n) is 1.30. The lowest BCUT2D eigenvalue weighted by Gasteiger charge is -2.22. The average molecular weight is 309 g/mol. The van der Waals surface area contributed by atoms with E-state index in [1.54, 1.807) is 11.8 Å². The van der Waals surface area contributed by atoms with Gasteiger partial charge in [0.15, 0.2) is 0 Å². The Morgan fingerprint density at radius 2 is 2.17 bits per heavy atom. The van der Waals surface area contributed by atoms with Crippen molar-refractivity contribution in [2.45, 2.75) is 17.2 Å². The van der Waals surface area contributed by atoms with Crippen LogP contribution in [0.1, 0.15) is 16.6 Å². The van der Waals surface area contributed by atoms with Crippen LogP contribution in [0.2, 0.25) is 0 Å². The second-order valence-electron chi connectivity index (χ2n) is 3.75. The van der Waals surface area contributed by atoms with E-state index in [9.17, 15) is 13.2 Å². The number of hydrogen-bond acceptors (Lipinski definition) is 5. The summed E-state index contributed by atoms with van der Waals surface area (Å²) in [5, 5.41) is 8.79. The van der Waals surface area contributed by atoms with Gasteiger partial charge in [-0.2, -0.15) is 16.1 Å². The van der Waals surface area contributed by atoms with Gasteiger partial charge in [0.1, 0.15) is 9.09 Å². The lowest BCUT2D eigenvalue weighted by molar-refractivity contribution is 0.0702. The number of aromatic carboxylic acids is 1. The summed E-state index contributed by atoms with van der Waals surface area (Å²) in [5.41, 5.74) is 0. The number of hydrogen-bond donors (Lipinski definition) is 1. The van der Waals surface area contributed by atoms with Crippen LogP contribution in [-0.4, -0.2) is 48.9 Å². The molecule has 1 aromatic rings. The number of nitrogens with zero attached hydrogens (tertiary/aromatic N) is 1. The van der Waals surface area contributed by atoms with Crippen molar-refractivity contribution in [3.05, 3.63) is 17.0 Å². The van der Waals surface area contributed by atoms with Gasteiger partial charge in [-0.25, -0.2) is 13.2 Å². The van der Waals surface area contributed by atoms with Crippen molar-refractivity contribution in [1.82, 2.24) is 4.31 Å². The number of thioether (sulfide) groups is 1. The summed E-state index contributed by atoms with van der Waals surface area (Å²) in [4.78, 5) is 10.8. The normalized spacial score (nSPS) is 13.8. The standard InChI is InChI=1S/C10H15NO4S3/c1-7(6-16-3)11(2)18(14,15)9-5-4-8(17-9)10(12)13/h4-5,7H,6H2,1-3H3,(H,12,13). The summed E-state index contributed by atoms with van der Waals surface area (Å²) in [6.45, 7) is 1.82. The molecule has 0 aliphatic rings. The van der Waals surface area contributed by atoms with E-state index >= 15 is 0 Å². The van der Waals surface area contributed by atoms with E-state index in [0.717, 1.165) is 11.3 Å². The van der Waals surface area contributed by atoms with Crippen molar-refractivity contribution in [1.29, 1.82) is 0 Å². The Kier molecular flexibility index (Phi) is 5.20. The zero-order valence-electron chi connectivity index (χ0n) is 10.3. The van der Waals surface area contributed by atoms with Gasteiger partial charge in [0, 0.05) is 18.8 Å². The Balaban J connectivity index is 3.01. The van der Waals surface area contributed by atoms with Crippen LogP contribution in [0.3, 0.4) is 0 Å². The predicted molar refractivity (Wildman–Crippen MR) is 74.1 cm³/mol. The third-order valence-electron chi connectivity index (χ3n) is 2.45. The van der Waals surface area contributed by atoms with Gasteiger partial charge in [-0.3, -0.25) is 0 Å². The molecule has 1 heterocycles. The highest BCUT2D eigenvalue weighted by Crippen LogP contribution is 2.25. The highest BCUT2D eigenvalue weighted by atomic mass is 32.2. The monoisotopic (exact) mass is 309 g/mol. The van der Waals surface area contributed by atoms with Gasteiger partial charge in [0.25, 0.3) is 10.0 Å². The molecule has 0 bridgehead atoms. The molecule has 0 spiro atoms. The summed E-state index contributed by atoms with van der Waals surface area (Å²) in [6, 6.07) is 2.51. The molecular weight excluding hydrogens is 294 g/mol. The lowest BCUT2D eigenvalue weighted by Crippen LogP contribution is -2.36. The Labute approximate surface area is 115 Å². The molecule has 0 saturated carbocycles. The number of carboxylic acids is 1. The molecule has 0 amide bonds. The number of rotatable bonds is 6. The molecule has 0 saturated heterocycles. The van der Waals surface area contributed by atoms with Gasteiger partial charge in [0.05, 0.1) is 0 Å². The zero-order valence-corrected chi connectivity index (χ0v) is 12.7. The molecule has 0 radical (unpaired) electrons. The quantitative estimate of drug-likeness (QED) is 0.867. The van der Waals surface area contributed by atoms with E-state index in [-0.39, 0.29) is 15.1 Å². The van der Waals surface area contributed by atoms with Crippen LogP contribution >= 0.6 is 23.1 Å². The highest BCUT2D eigenvalue weighted by molar-refractivity contribution is 7.98. The Morgan fingerprint density at radius 3 is 2.61 bits per heavy atom. The summed E-state index contributed by atoms with van der Waals surface area (Å²) in [6.07, 6.45) is 1.91. The second-order valence-corrected chi connectivity index (χ2v) is 7.97. The molecule has 18 heavy (non-hydrogen) atoms. The van der Waals surface area contributed by atoms with Gasteiger partial charge >= 0.3 is 5.97 Å². The first kappa shape index (κ1) is 15.5. The van der Waals surface area contributed by atoms with E-state index in [2.05, 4.69) is 0 Å². The summed E-state index contributed by atoms with van der Waals surface area (Å²) >= 11 is 2.34. The SMILES string of the molecule is CSCC(C)N(C)S(=O)(=O)c1ccc(C(=O)O)s1. The van der Waals surface area contributed by atoms with E-state index in [4.69, 9.17) is 5.11 Å². The third kappa shape index (κ3) is 3.25. The molecule has 0 aliphatic carbocycles. The van der Waals surface area contributed by atoms with Crippen LogP contribution < -0.4 is 0 Å². The van der Waals surface area contributed by atoms with E-state index in [1.807, 2.05) is 13.2 Å². The van der Waals surface area contributed by atoms with Gasteiger partial charge < -0.3 is 5.11 Å². The maximum atomic E-state index is 12.2. The lowest BCUT2D eigenvalue weighted by atomic mass is 10.4. The molecule has 1 atom stereocenters. The Hall–Kier alpha value is -0.570. The van der Waals surface area contributed by atoms with Crippen molar-refractivity contribution in [2.24, 2.45) is 0 Å². The first-order chi connectivity index (χ1) is 8.30. The minimum atomic E-state index is -3.60. The summed E-state index contributed by atoms with van der Waals surface area (Å²) in [7, 11) is -2.09. The maximum Gasteiger partial charge on any atom is 0.345 e. The van der Waals surface area contributed by atoms with E-state index < -0.39 is 16.0 Å². The minimum absolute atomic E-state index is 0.0273. The molecule has 0 aliphatic heterocycles. The van der Waals surface area contributed by atoms with Crippen molar-refractivity contribution in [3.8, 4) is 0 Å². The Bertz CT molecular complexity index is 523. The molecule has 102 valence electrons. The third-order valence-corrected chi connectivity index (χ3v) is 6.78. The summed E-state index contributed by atoms with van der Waals surface area (Å²) in [5.74, 6) is -0.423. The van der Waals surface area contributed by atoms with Crippen LogP contribution in [0.4, 0.5) is 0 Å². The van der Waals surface area contributed by atoms with Gasteiger partial charge in [-0.15, -0.1) is 11.3 Å². The smallest absolute Gasteiger partial charge is 0.345 e. The molecule has 1 rings (SSSR count). The predicted octanol–water partition coefficient (Wildman–Crippen LogP) is 1.82. The largest absolute Gasteiger partial charge is 0.477 e. The highest BCUT2D eigenvalue weighted by Gasteiger charge is 2.27. The van der Waals surface area contributed by atoms with E-state index in [1.165, 1.54) is 23.5 Å². The van der Waals surface area contributed by atoms with Crippen molar-refractivity contribution in [2.75, 3.05) is 19.1 Å². The van der Waals surface area contributed by atoms with Gasteiger partial charge in [-0.1, -0.05) is 0 Å². The molecule has 0 fully saturated rings. The van der Waals surface area contributed by atoms with Crippen LogP contribution in [0.25, 0.3) is 0 Å².